The van der Waals surface area contributed by atoms with Crippen LogP contribution in [0.5, 0.6) is 0 Å². The maximum Gasteiger partial charge on any atom is 0.379 e. The van der Waals surface area contributed by atoms with Crippen molar-refractivity contribution in [3.63, 3.8) is 0 Å². The zero-order chi connectivity index (χ0) is 6.50. The molecule has 2 nitrogen and oxygen atoms in total. The molecule has 0 spiro atoms. The van der Waals surface area contributed by atoms with Gasteiger partial charge in [-0.25, -0.2) is 0 Å². The average Bonchev–Trinajstić information content (AvgIpc) is 1.36. The van der Waals surface area contributed by atoms with E-state index in [9.17, 15) is 15.5 Å². The van der Waals surface area contributed by atoms with Gasteiger partial charge < -0.3 is 0 Å². The van der Waals surface area contributed by atoms with Gasteiger partial charge >= 0.3 is 11.6 Å². The highest BCUT2D eigenvalue weighted by Gasteiger charge is 2.16. The second-order valence-corrected chi connectivity index (χ2v) is 1.05. The van der Waals surface area contributed by atoms with Gasteiger partial charge in [-0.2, -0.15) is 0 Å². The van der Waals surface area contributed by atoms with Crippen molar-refractivity contribution in [3.05, 3.63) is 9.93 Å². The Kier molecular flexibility index (Phi) is 13.0. The van der Waals surface area contributed by atoms with Crippen LogP contribution in [0, 0.1) is 9.93 Å². The molecule has 0 radical (unpaired) electrons. The Morgan fingerprint density at radius 1 is 0.875 bits per heavy atom. The van der Waals surface area contributed by atoms with Gasteiger partial charge in [0.1, 0.15) is 0 Å². The van der Waals surface area contributed by atoms with Crippen molar-refractivity contribution in [1.82, 2.24) is 0 Å². The van der Waals surface area contributed by atoms with Crippen LogP contribution < -0.4 is 0 Å². The Balaban J connectivity index is -0.0000000750. The van der Waals surface area contributed by atoms with E-state index in [1.165, 1.54) is 0 Å². The molecule has 8 heavy (non-hydrogen) atoms. The van der Waals surface area contributed by atoms with Crippen LogP contribution in [0.3, 0.4) is 0 Å². The SMILES string of the molecule is C.FS(F)(F)F.O=O. The van der Waals surface area contributed by atoms with Gasteiger partial charge in [-0.15, -0.1) is 0 Å². The lowest BCUT2D eigenvalue weighted by molar-refractivity contribution is 0.543. The van der Waals surface area contributed by atoms with Crippen LogP contribution in [-0.2, 0) is 0 Å². The molecule has 0 aromatic carbocycles. The first-order valence-electron chi connectivity index (χ1n) is 0.784. The lowest BCUT2D eigenvalue weighted by Crippen LogP contribution is -1.47. The van der Waals surface area contributed by atoms with E-state index in [0.717, 1.165) is 0 Å². The second-order valence-electron chi connectivity index (χ2n) is 0.350. The predicted molar refractivity (Wildman–Crippen MR) is 25.5 cm³/mol. The molecule has 0 bridgehead atoms. The van der Waals surface area contributed by atoms with Gasteiger partial charge in [-0.3, -0.25) is 0 Å². The summed E-state index contributed by atoms with van der Waals surface area (Å²) in [6.07, 6.45) is 0. The molecule has 0 saturated carbocycles. The summed E-state index contributed by atoms with van der Waals surface area (Å²) in [6.45, 7) is 0. The third kappa shape index (κ3) is 1140. The Hall–Kier alpha value is -0.330. The van der Waals surface area contributed by atoms with E-state index in [2.05, 4.69) is 0 Å². The summed E-state index contributed by atoms with van der Waals surface area (Å²) in [4.78, 5) is 14.0. The van der Waals surface area contributed by atoms with Crippen LogP contribution in [0.2, 0.25) is 0 Å². The van der Waals surface area contributed by atoms with Crippen LogP contribution >= 0.6 is 11.6 Å². The molecule has 0 rings (SSSR count). The van der Waals surface area contributed by atoms with E-state index in [0.29, 0.717) is 0 Å². The minimum atomic E-state index is -6.17. The Labute approximate surface area is 45.6 Å². The van der Waals surface area contributed by atoms with Gasteiger partial charge in [-0.1, -0.05) is 23.0 Å². The highest BCUT2D eigenvalue weighted by molar-refractivity contribution is 8.16. The van der Waals surface area contributed by atoms with E-state index in [-0.39, 0.29) is 7.43 Å². The molecule has 0 unspecified atom stereocenters. The van der Waals surface area contributed by atoms with Gasteiger partial charge in [0, 0.05) is 9.93 Å². The number of hydrogen-bond acceptors (Lipinski definition) is 2. The molecule has 0 heterocycles. The summed E-state index contributed by atoms with van der Waals surface area (Å²) in [6, 6.07) is 0. The zero-order valence-electron chi connectivity index (χ0n) is 2.74. The molecule has 0 fully saturated rings. The van der Waals surface area contributed by atoms with Crippen molar-refractivity contribution < 1.29 is 15.5 Å². The van der Waals surface area contributed by atoms with Crippen LogP contribution in [0.15, 0.2) is 0 Å². The summed E-state index contributed by atoms with van der Waals surface area (Å²) < 4.78 is 39.1. The van der Waals surface area contributed by atoms with E-state index in [1.807, 2.05) is 0 Å². The zero-order valence-corrected chi connectivity index (χ0v) is 3.55. The van der Waals surface area contributed by atoms with Crippen LogP contribution in [0.1, 0.15) is 7.43 Å². The smallest absolute Gasteiger partial charge is 0.0947 e. The maximum atomic E-state index is 9.77. The van der Waals surface area contributed by atoms with Crippen LogP contribution in [0.25, 0.3) is 0 Å². The van der Waals surface area contributed by atoms with Gasteiger partial charge in [0.2, 0.25) is 0 Å². The Morgan fingerprint density at radius 3 is 0.875 bits per heavy atom. The van der Waals surface area contributed by atoms with Gasteiger partial charge in [-0.05, 0) is 0 Å². The molecular formula is CH4F4O2S. The molecular weight excluding hydrogens is 152 g/mol. The lowest BCUT2D eigenvalue weighted by atomic mass is 12.0. The lowest BCUT2D eigenvalue weighted by Gasteiger charge is -1.87. The second kappa shape index (κ2) is 6.67. The highest BCUT2D eigenvalue weighted by Crippen LogP contribution is 2.54. The largest absolute Gasteiger partial charge is 0.379 e. The Bertz CT molecular complexity index is 37.8. The molecule has 0 aromatic rings. The van der Waals surface area contributed by atoms with E-state index >= 15 is 0 Å². The summed E-state index contributed by atoms with van der Waals surface area (Å²) >= 11 is -6.17. The van der Waals surface area contributed by atoms with Crippen LogP contribution in [0.4, 0.5) is 15.5 Å². The predicted octanol–water partition coefficient (Wildman–Crippen LogP) is 3.03. The number of hydrogen-bond donors (Lipinski definition) is 0. The molecule has 0 N–H and O–H groups in total. The summed E-state index contributed by atoms with van der Waals surface area (Å²) in [5.41, 5.74) is 0. The van der Waals surface area contributed by atoms with E-state index < -0.39 is 11.6 Å². The van der Waals surface area contributed by atoms with Crippen molar-refractivity contribution in [2.24, 2.45) is 0 Å². The third-order valence-electron chi connectivity index (χ3n) is 0. The van der Waals surface area contributed by atoms with Crippen molar-refractivity contribution in [2.45, 2.75) is 7.43 Å². The van der Waals surface area contributed by atoms with Crippen molar-refractivity contribution in [1.29, 1.82) is 0 Å². The molecule has 7 heteroatoms. The quantitative estimate of drug-likeness (QED) is 0.505. The maximum absolute atomic E-state index is 9.77. The molecule has 0 atom stereocenters. The monoisotopic (exact) mass is 156 g/mol. The van der Waals surface area contributed by atoms with Gasteiger partial charge in [0.25, 0.3) is 0 Å². The Morgan fingerprint density at radius 2 is 0.875 bits per heavy atom. The van der Waals surface area contributed by atoms with Crippen molar-refractivity contribution in [2.75, 3.05) is 0 Å². The number of halogens is 4. The van der Waals surface area contributed by atoms with Gasteiger partial charge in [0.15, 0.2) is 0 Å². The summed E-state index contributed by atoms with van der Waals surface area (Å²) in [5, 5.41) is 0. The minimum absolute atomic E-state index is 0. The van der Waals surface area contributed by atoms with Gasteiger partial charge in [0.05, 0.1) is 0 Å². The topological polar surface area (TPSA) is 34.1 Å². The first-order valence-corrected chi connectivity index (χ1v) is 2.02. The van der Waals surface area contributed by atoms with Crippen molar-refractivity contribution in [3.8, 4) is 0 Å². The fraction of sp³-hybridized carbons (Fsp3) is 1.00. The molecule has 0 saturated heterocycles. The first kappa shape index (κ1) is 15.6. The molecule has 0 aliphatic rings. The summed E-state index contributed by atoms with van der Waals surface area (Å²) in [7, 11) is 0. The number of rotatable bonds is 0. The summed E-state index contributed by atoms with van der Waals surface area (Å²) in [5.74, 6) is 0. The molecule has 0 amide bonds. The van der Waals surface area contributed by atoms with Crippen molar-refractivity contribution >= 4 is 11.6 Å². The highest BCUT2D eigenvalue weighted by atomic mass is 32.4. The molecule has 54 valence electrons. The third-order valence-corrected chi connectivity index (χ3v) is 0. The first-order chi connectivity index (χ1) is 3.00. The molecule has 0 aromatic heterocycles. The standard InChI is InChI=1S/CH4.F4S.O2/c;1-5(2,3)4;1-2/h1H4;;. The normalized spacial score (nSPS) is 10.0. The molecule has 0 aliphatic heterocycles. The fourth-order valence-corrected chi connectivity index (χ4v) is 0. The minimum Gasteiger partial charge on any atom is -0.0947 e. The fourth-order valence-electron chi connectivity index (χ4n) is 0. The molecule has 0 aliphatic carbocycles. The average molecular weight is 156 g/mol. The van der Waals surface area contributed by atoms with E-state index in [1.54, 1.807) is 0 Å². The van der Waals surface area contributed by atoms with E-state index in [4.69, 9.17) is 9.93 Å². The van der Waals surface area contributed by atoms with Crippen LogP contribution in [-0.4, -0.2) is 0 Å².